The molecule has 0 N–H and O–H groups in total. The van der Waals surface area contributed by atoms with E-state index in [2.05, 4.69) is 0 Å². The van der Waals surface area contributed by atoms with E-state index >= 15 is 0 Å². The minimum Gasteiger partial charge on any atom is -0.293 e. The molecule has 4 nitrogen and oxygen atoms in total. The number of hydrogen-bond donors (Lipinski definition) is 0. The number of nitrogens with zero attached hydrogens (tertiary/aromatic N) is 2. The average Bonchev–Trinajstić information content (AvgIpc) is 2.60. The standard InChI is InChI=1S/C19H14N2O2/c1-19(2,17(22)15-7-3-13(11-20)4-8-15)18(23)16-9-5-14(12-21)6-10-16/h3-10H,1-2H3. The third kappa shape index (κ3) is 3.17. The van der Waals surface area contributed by atoms with Crippen molar-refractivity contribution in [2.24, 2.45) is 5.41 Å². The zero-order chi connectivity index (χ0) is 17.0. The van der Waals surface area contributed by atoms with Crippen molar-refractivity contribution in [3.05, 3.63) is 70.8 Å². The second-order valence-electron chi connectivity index (χ2n) is 5.66. The summed E-state index contributed by atoms with van der Waals surface area (Å²) in [5.74, 6) is -0.618. The first-order valence-corrected chi connectivity index (χ1v) is 7.00. The highest BCUT2D eigenvalue weighted by molar-refractivity contribution is 6.19. The van der Waals surface area contributed by atoms with Gasteiger partial charge >= 0.3 is 0 Å². The van der Waals surface area contributed by atoms with Crippen LogP contribution in [0, 0.1) is 28.1 Å². The highest BCUT2D eigenvalue weighted by Gasteiger charge is 2.36. The fraction of sp³-hybridized carbons (Fsp3) is 0.158. The highest BCUT2D eigenvalue weighted by atomic mass is 16.2. The molecule has 0 spiro atoms. The molecule has 2 aromatic carbocycles. The van der Waals surface area contributed by atoms with Crippen LogP contribution in [-0.2, 0) is 0 Å². The molecule has 0 aliphatic rings. The summed E-state index contributed by atoms with van der Waals surface area (Å²) in [5.41, 5.74) is 0.449. The van der Waals surface area contributed by atoms with Crippen LogP contribution >= 0.6 is 0 Å². The number of carbonyl (C=O) groups is 2. The smallest absolute Gasteiger partial charge is 0.176 e. The molecule has 0 saturated heterocycles. The SMILES string of the molecule is CC(C)(C(=O)c1ccc(C#N)cc1)C(=O)c1ccc(C#N)cc1. The maximum absolute atomic E-state index is 12.6. The largest absolute Gasteiger partial charge is 0.293 e. The molecule has 2 rings (SSSR count). The summed E-state index contributed by atoms with van der Waals surface area (Å²) in [7, 11) is 0. The van der Waals surface area contributed by atoms with E-state index < -0.39 is 5.41 Å². The molecule has 0 heterocycles. The lowest BCUT2D eigenvalue weighted by Crippen LogP contribution is -2.33. The molecule has 0 radical (unpaired) electrons. The Hall–Kier alpha value is -3.24. The van der Waals surface area contributed by atoms with E-state index in [-0.39, 0.29) is 11.6 Å². The predicted molar refractivity (Wildman–Crippen MR) is 84.8 cm³/mol. The molecule has 0 aliphatic heterocycles. The number of carbonyl (C=O) groups excluding carboxylic acids is 2. The van der Waals surface area contributed by atoms with Crippen molar-refractivity contribution in [1.82, 2.24) is 0 Å². The molecule has 23 heavy (non-hydrogen) atoms. The lowest BCUT2D eigenvalue weighted by molar-refractivity contribution is 0.0711. The topological polar surface area (TPSA) is 81.7 Å². The van der Waals surface area contributed by atoms with Gasteiger partial charge in [-0.3, -0.25) is 9.59 Å². The van der Waals surface area contributed by atoms with Crippen LogP contribution < -0.4 is 0 Å². The number of rotatable bonds is 4. The molecule has 0 saturated carbocycles. The van der Waals surface area contributed by atoms with Crippen molar-refractivity contribution in [3.8, 4) is 12.1 Å². The van der Waals surface area contributed by atoms with Crippen LogP contribution in [0.1, 0.15) is 45.7 Å². The summed E-state index contributed by atoms with van der Waals surface area (Å²) in [6, 6.07) is 16.4. The monoisotopic (exact) mass is 302 g/mol. The van der Waals surface area contributed by atoms with Gasteiger partial charge in [-0.2, -0.15) is 10.5 Å². The molecule has 112 valence electrons. The third-order valence-corrected chi connectivity index (χ3v) is 3.69. The first-order chi connectivity index (χ1) is 10.9. The van der Waals surface area contributed by atoms with Gasteiger partial charge in [-0.1, -0.05) is 24.3 Å². The van der Waals surface area contributed by atoms with Crippen molar-refractivity contribution in [3.63, 3.8) is 0 Å². The molecule has 0 amide bonds. The second-order valence-corrected chi connectivity index (χ2v) is 5.66. The van der Waals surface area contributed by atoms with Gasteiger partial charge < -0.3 is 0 Å². The molecular formula is C19H14N2O2. The summed E-state index contributed by atoms with van der Waals surface area (Å²) in [6.07, 6.45) is 0. The van der Waals surface area contributed by atoms with Crippen molar-refractivity contribution < 1.29 is 9.59 Å². The molecule has 0 bridgehead atoms. The van der Waals surface area contributed by atoms with E-state index in [1.54, 1.807) is 62.4 Å². The van der Waals surface area contributed by atoms with Crippen molar-refractivity contribution in [1.29, 1.82) is 10.5 Å². The molecule has 4 heteroatoms. The van der Waals surface area contributed by atoms with E-state index in [1.807, 2.05) is 12.1 Å². The van der Waals surface area contributed by atoms with Crippen molar-refractivity contribution in [2.75, 3.05) is 0 Å². The van der Waals surface area contributed by atoms with Gasteiger partial charge in [0.2, 0.25) is 0 Å². The Morgan fingerprint density at radius 1 is 0.739 bits per heavy atom. The summed E-state index contributed by atoms with van der Waals surface area (Å²) in [4.78, 5) is 25.3. The zero-order valence-electron chi connectivity index (χ0n) is 12.8. The second kappa shape index (κ2) is 6.25. The Morgan fingerprint density at radius 3 is 1.30 bits per heavy atom. The van der Waals surface area contributed by atoms with E-state index in [0.717, 1.165) is 0 Å². The van der Waals surface area contributed by atoms with Gasteiger partial charge in [-0.15, -0.1) is 0 Å². The Balaban J connectivity index is 2.31. The van der Waals surface area contributed by atoms with Crippen LogP contribution in [0.3, 0.4) is 0 Å². The summed E-state index contributed by atoms with van der Waals surface area (Å²) in [5, 5.41) is 17.6. The molecular weight excluding hydrogens is 288 g/mol. The van der Waals surface area contributed by atoms with Gasteiger partial charge in [0.05, 0.1) is 28.7 Å². The van der Waals surface area contributed by atoms with Crippen LogP contribution in [0.15, 0.2) is 48.5 Å². The predicted octanol–water partition coefficient (Wildman–Crippen LogP) is 3.52. The number of Topliss-reactive ketones (excluding diaryl/α,β-unsaturated/α-hetero) is 2. The Kier molecular flexibility index (Phi) is 4.39. The van der Waals surface area contributed by atoms with Gasteiger partial charge in [-0.25, -0.2) is 0 Å². The van der Waals surface area contributed by atoms with Gasteiger partial charge in [0, 0.05) is 11.1 Å². The van der Waals surface area contributed by atoms with Crippen LogP contribution in [0.4, 0.5) is 0 Å². The summed E-state index contributed by atoms with van der Waals surface area (Å²) >= 11 is 0. The Morgan fingerprint density at radius 2 is 1.04 bits per heavy atom. The van der Waals surface area contributed by atoms with E-state index in [4.69, 9.17) is 10.5 Å². The van der Waals surface area contributed by atoms with Crippen molar-refractivity contribution in [2.45, 2.75) is 13.8 Å². The van der Waals surface area contributed by atoms with E-state index in [0.29, 0.717) is 22.3 Å². The Bertz CT molecular complexity index is 761. The third-order valence-electron chi connectivity index (χ3n) is 3.69. The van der Waals surface area contributed by atoms with E-state index in [1.165, 1.54) is 0 Å². The fourth-order valence-corrected chi connectivity index (χ4v) is 2.22. The molecule has 0 aliphatic carbocycles. The average molecular weight is 302 g/mol. The first kappa shape index (κ1) is 16.1. The maximum atomic E-state index is 12.6. The van der Waals surface area contributed by atoms with Crippen LogP contribution in [0.2, 0.25) is 0 Å². The van der Waals surface area contributed by atoms with Gasteiger partial charge in [0.25, 0.3) is 0 Å². The molecule has 0 fully saturated rings. The minimum atomic E-state index is -1.23. The zero-order valence-corrected chi connectivity index (χ0v) is 12.8. The lowest BCUT2D eigenvalue weighted by atomic mass is 9.77. The first-order valence-electron chi connectivity index (χ1n) is 7.00. The molecule has 2 aromatic rings. The van der Waals surface area contributed by atoms with Crippen LogP contribution in [-0.4, -0.2) is 11.6 Å². The fourth-order valence-electron chi connectivity index (χ4n) is 2.22. The summed E-state index contributed by atoms with van der Waals surface area (Å²) in [6.45, 7) is 3.15. The molecule has 0 atom stereocenters. The minimum absolute atomic E-state index is 0.309. The van der Waals surface area contributed by atoms with Crippen LogP contribution in [0.25, 0.3) is 0 Å². The molecule has 0 unspecified atom stereocenters. The maximum Gasteiger partial charge on any atom is 0.176 e. The number of benzene rings is 2. The number of ketones is 2. The van der Waals surface area contributed by atoms with Gasteiger partial charge in [0.1, 0.15) is 0 Å². The molecule has 0 aromatic heterocycles. The quantitative estimate of drug-likeness (QED) is 0.639. The summed E-state index contributed by atoms with van der Waals surface area (Å²) < 4.78 is 0. The lowest BCUT2D eigenvalue weighted by Gasteiger charge is -2.21. The normalized spacial score (nSPS) is 10.4. The Labute approximate surface area is 134 Å². The number of nitriles is 2. The van der Waals surface area contributed by atoms with E-state index in [9.17, 15) is 9.59 Å². The van der Waals surface area contributed by atoms with Gasteiger partial charge in [0.15, 0.2) is 11.6 Å². The van der Waals surface area contributed by atoms with Crippen molar-refractivity contribution >= 4 is 11.6 Å². The van der Waals surface area contributed by atoms with Crippen LogP contribution in [0.5, 0.6) is 0 Å². The number of hydrogen-bond acceptors (Lipinski definition) is 4. The van der Waals surface area contributed by atoms with Gasteiger partial charge in [-0.05, 0) is 38.1 Å². The highest BCUT2D eigenvalue weighted by Crippen LogP contribution is 2.27.